The molecule has 2 heterocycles. The Bertz CT molecular complexity index is 1250. The van der Waals surface area contributed by atoms with Crippen molar-refractivity contribution in [3.63, 3.8) is 0 Å². The molecule has 2 aromatic heterocycles. The van der Waals surface area contributed by atoms with E-state index in [9.17, 15) is 4.79 Å². The van der Waals surface area contributed by atoms with Gasteiger partial charge >= 0.3 is 0 Å². The second-order valence-electron chi connectivity index (χ2n) is 6.72. The minimum atomic E-state index is -0.294. The highest BCUT2D eigenvalue weighted by atomic mass is 35.5. The second kappa shape index (κ2) is 8.44. The van der Waals surface area contributed by atoms with E-state index < -0.39 is 0 Å². The van der Waals surface area contributed by atoms with Crippen LogP contribution < -0.4 is 5.32 Å². The Morgan fingerprint density at radius 3 is 2.57 bits per heavy atom. The van der Waals surface area contributed by atoms with Gasteiger partial charge in [0.05, 0.1) is 29.1 Å². The summed E-state index contributed by atoms with van der Waals surface area (Å²) in [6, 6.07) is 14.5. The third kappa shape index (κ3) is 3.89. The van der Waals surface area contributed by atoms with Gasteiger partial charge in [-0.05, 0) is 42.8 Å². The Labute approximate surface area is 183 Å². The van der Waals surface area contributed by atoms with Crippen molar-refractivity contribution in [3.05, 3.63) is 81.7 Å². The van der Waals surface area contributed by atoms with Crippen LogP contribution in [-0.2, 0) is 11.3 Å². The average molecular weight is 441 g/mol. The van der Waals surface area contributed by atoms with E-state index in [0.29, 0.717) is 44.9 Å². The van der Waals surface area contributed by atoms with Gasteiger partial charge in [0, 0.05) is 29.0 Å². The molecule has 152 valence electrons. The summed E-state index contributed by atoms with van der Waals surface area (Å²) in [5, 5.41) is 8.66. The van der Waals surface area contributed by atoms with E-state index in [-0.39, 0.29) is 5.91 Å². The van der Waals surface area contributed by atoms with Crippen molar-refractivity contribution in [3.8, 4) is 11.1 Å². The van der Waals surface area contributed by atoms with Gasteiger partial charge in [0.15, 0.2) is 5.65 Å². The lowest BCUT2D eigenvalue weighted by Crippen LogP contribution is -2.16. The van der Waals surface area contributed by atoms with E-state index >= 15 is 0 Å². The smallest absolute Gasteiger partial charge is 0.259 e. The van der Waals surface area contributed by atoms with Crippen LogP contribution in [0, 0.1) is 6.92 Å². The van der Waals surface area contributed by atoms with Crippen LogP contribution in [0.15, 0.2) is 54.7 Å². The number of fused-ring (bicyclic) bond motifs is 1. The number of aromatic nitrogens is 3. The zero-order chi connectivity index (χ0) is 21.3. The number of carbonyl (C=O) groups excluding carboxylic acids is 1. The topological polar surface area (TPSA) is 68.5 Å². The fraction of sp³-hybridized carbons (Fsp3) is 0.136. The van der Waals surface area contributed by atoms with E-state index in [1.165, 1.54) is 0 Å². The highest BCUT2D eigenvalue weighted by Gasteiger charge is 2.20. The molecule has 2 aromatic carbocycles. The molecular weight excluding hydrogens is 423 g/mol. The first-order valence-corrected chi connectivity index (χ1v) is 9.92. The van der Waals surface area contributed by atoms with E-state index in [0.717, 1.165) is 11.1 Å². The molecule has 4 aromatic rings. The van der Waals surface area contributed by atoms with Crippen LogP contribution in [0.1, 0.15) is 21.7 Å². The summed E-state index contributed by atoms with van der Waals surface area (Å²) in [6.07, 6.45) is 1.55. The van der Waals surface area contributed by atoms with Gasteiger partial charge in [0.25, 0.3) is 5.91 Å². The summed E-state index contributed by atoms with van der Waals surface area (Å²) >= 11 is 12.2. The summed E-state index contributed by atoms with van der Waals surface area (Å²) < 4.78 is 6.99. The van der Waals surface area contributed by atoms with E-state index in [1.807, 2.05) is 31.2 Å². The number of hydrogen-bond donors (Lipinski definition) is 1. The standard InChI is InChI=1S/C22H18Cl2N4O2/c1-13-18(22(29)26-17-8-4-7-16(24)10-17)11-25-21-20(14-5-3-6-15(23)9-14)19(12-30-2)27-28(13)21/h3-11H,12H2,1-2H3,(H,26,29). The number of ether oxygens (including phenoxy) is 1. The number of methoxy groups -OCH3 is 1. The second-order valence-corrected chi connectivity index (χ2v) is 7.60. The molecule has 0 radical (unpaired) electrons. The van der Waals surface area contributed by atoms with Crippen LogP contribution in [0.2, 0.25) is 10.0 Å². The number of aryl methyl sites for hydroxylation is 1. The van der Waals surface area contributed by atoms with Gasteiger partial charge in [-0.15, -0.1) is 0 Å². The molecule has 0 fully saturated rings. The van der Waals surface area contributed by atoms with Gasteiger partial charge < -0.3 is 10.1 Å². The van der Waals surface area contributed by atoms with Gasteiger partial charge in [-0.2, -0.15) is 5.10 Å². The Morgan fingerprint density at radius 2 is 1.87 bits per heavy atom. The lowest BCUT2D eigenvalue weighted by Gasteiger charge is -2.09. The lowest BCUT2D eigenvalue weighted by atomic mass is 10.1. The van der Waals surface area contributed by atoms with Crippen molar-refractivity contribution in [1.82, 2.24) is 14.6 Å². The molecule has 0 unspecified atom stereocenters. The molecule has 4 rings (SSSR count). The molecule has 0 aliphatic rings. The summed E-state index contributed by atoms with van der Waals surface area (Å²) in [4.78, 5) is 17.4. The van der Waals surface area contributed by atoms with Crippen molar-refractivity contribution in [2.75, 3.05) is 12.4 Å². The first-order chi connectivity index (χ1) is 14.5. The van der Waals surface area contributed by atoms with Crippen molar-refractivity contribution < 1.29 is 9.53 Å². The van der Waals surface area contributed by atoms with Crippen molar-refractivity contribution in [2.24, 2.45) is 0 Å². The summed E-state index contributed by atoms with van der Waals surface area (Å²) in [7, 11) is 1.61. The molecular formula is C22H18Cl2N4O2. The SMILES string of the molecule is COCc1nn2c(C)c(C(=O)Nc3cccc(Cl)c3)cnc2c1-c1cccc(Cl)c1. The van der Waals surface area contributed by atoms with Crippen molar-refractivity contribution >= 4 is 40.4 Å². The minimum absolute atomic E-state index is 0.294. The number of carbonyl (C=O) groups is 1. The number of amides is 1. The molecule has 1 amide bonds. The summed E-state index contributed by atoms with van der Waals surface area (Å²) in [6.45, 7) is 2.13. The zero-order valence-electron chi connectivity index (χ0n) is 16.3. The Hall–Kier alpha value is -2.93. The first-order valence-electron chi connectivity index (χ1n) is 9.17. The number of halogens is 2. The Balaban J connectivity index is 1.80. The molecule has 0 aliphatic heterocycles. The fourth-order valence-corrected chi connectivity index (χ4v) is 3.68. The molecule has 0 saturated heterocycles. The monoisotopic (exact) mass is 440 g/mol. The van der Waals surface area contributed by atoms with Crippen molar-refractivity contribution in [1.29, 1.82) is 0 Å². The first kappa shape index (κ1) is 20.3. The normalized spacial score (nSPS) is 11.1. The van der Waals surface area contributed by atoms with Crippen LogP contribution in [0.25, 0.3) is 16.8 Å². The summed E-state index contributed by atoms with van der Waals surface area (Å²) in [5.41, 5.74) is 4.71. The highest BCUT2D eigenvalue weighted by molar-refractivity contribution is 6.31. The number of anilines is 1. The minimum Gasteiger partial charge on any atom is -0.378 e. The Kier molecular flexibility index (Phi) is 5.72. The van der Waals surface area contributed by atoms with E-state index in [2.05, 4.69) is 15.4 Å². The van der Waals surface area contributed by atoms with Gasteiger partial charge in [0.2, 0.25) is 0 Å². The fourth-order valence-electron chi connectivity index (χ4n) is 3.30. The van der Waals surface area contributed by atoms with Gasteiger partial charge in [0.1, 0.15) is 0 Å². The molecule has 0 atom stereocenters. The Morgan fingerprint density at radius 1 is 1.13 bits per heavy atom. The predicted octanol–water partition coefficient (Wildman–Crippen LogP) is 5.41. The predicted molar refractivity (Wildman–Crippen MR) is 118 cm³/mol. The zero-order valence-corrected chi connectivity index (χ0v) is 17.8. The maximum absolute atomic E-state index is 12.8. The van der Waals surface area contributed by atoms with Gasteiger partial charge in [-0.1, -0.05) is 41.4 Å². The number of nitrogens with one attached hydrogen (secondary N) is 1. The maximum atomic E-state index is 12.8. The van der Waals surface area contributed by atoms with E-state index in [4.69, 9.17) is 27.9 Å². The largest absolute Gasteiger partial charge is 0.378 e. The number of nitrogens with zero attached hydrogens (tertiary/aromatic N) is 3. The maximum Gasteiger partial charge on any atom is 0.259 e. The third-order valence-electron chi connectivity index (χ3n) is 4.68. The van der Waals surface area contributed by atoms with E-state index in [1.54, 1.807) is 42.1 Å². The lowest BCUT2D eigenvalue weighted by molar-refractivity contribution is 0.102. The van der Waals surface area contributed by atoms with Crippen LogP contribution in [0.5, 0.6) is 0 Å². The molecule has 0 bridgehead atoms. The van der Waals surface area contributed by atoms with Gasteiger partial charge in [-0.3, -0.25) is 4.79 Å². The molecule has 0 spiro atoms. The highest BCUT2D eigenvalue weighted by Crippen LogP contribution is 2.31. The molecule has 0 aliphatic carbocycles. The quantitative estimate of drug-likeness (QED) is 0.450. The number of benzene rings is 2. The molecule has 8 heteroatoms. The molecule has 6 nitrogen and oxygen atoms in total. The average Bonchev–Trinajstić information content (AvgIpc) is 3.07. The van der Waals surface area contributed by atoms with Crippen molar-refractivity contribution in [2.45, 2.75) is 13.5 Å². The molecule has 0 saturated carbocycles. The third-order valence-corrected chi connectivity index (χ3v) is 5.15. The number of hydrogen-bond acceptors (Lipinski definition) is 4. The van der Waals surface area contributed by atoms with Crippen LogP contribution in [0.3, 0.4) is 0 Å². The molecule has 30 heavy (non-hydrogen) atoms. The van der Waals surface area contributed by atoms with Crippen LogP contribution in [0.4, 0.5) is 5.69 Å². The van der Waals surface area contributed by atoms with Gasteiger partial charge in [-0.25, -0.2) is 9.50 Å². The van der Waals surface area contributed by atoms with Crippen LogP contribution in [-0.4, -0.2) is 27.6 Å². The van der Waals surface area contributed by atoms with Crippen LogP contribution >= 0.6 is 23.2 Å². The number of rotatable bonds is 5. The molecule has 1 N–H and O–H groups in total. The summed E-state index contributed by atoms with van der Waals surface area (Å²) in [5.74, 6) is -0.294.